The van der Waals surface area contributed by atoms with Crippen molar-refractivity contribution in [3.63, 3.8) is 0 Å². The summed E-state index contributed by atoms with van der Waals surface area (Å²) in [6.07, 6.45) is 4.10. The average Bonchev–Trinajstić information content (AvgIpc) is 1.90. The van der Waals surface area contributed by atoms with Crippen molar-refractivity contribution in [1.29, 1.82) is 0 Å². The fourth-order valence-corrected chi connectivity index (χ4v) is 1.25. The van der Waals surface area contributed by atoms with Crippen molar-refractivity contribution in [2.75, 3.05) is 0 Å². The number of rotatable bonds is 1. The van der Waals surface area contributed by atoms with Gasteiger partial charge in [0.2, 0.25) is 0 Å². The van der Waals surface area contributed by atoms with E-state index in [0.29, 0.717) is 12.1 Å². The molecule has 4 N–H and O–H groups in total. The molecule has 0 aliphatic heterocycles. The zero-order valence-corrected chi connectivity index (χ0v) is 7.63. The van der Waals surface area contributed by atoms with Crippen LogP contribution in [0.5, 0.6) is 0 Å². The molecule has 0 atom stereocenters. The molecule has 1 saturated carbocycles. The molecular weight excluding hydrogens is 196 g/mol. The zero-order chi connectivity index (χ0) is 6.69. The minimum atomic E-state index is 0. The Morgan fingerprint density at radius 1 is 1.20 bits per heavy atom. The van der Waals surface area contributed by atoms with Gasteiger partial charge in [-0.05, 0) is 25.7 Å². The van der Waals surface area contributed by atoms with Gasteiger partial charge in [-0.2, -0.15) is 0 Å². The van der Waals surface area contributed by atoms with Crippen LogP contribution in [0.25, 0.3) is 0 Å². The summed E-state index contributed by atoms with van der Waals surface area (Å²) < 4.78 is 0. The van der Waals surface area contributed by atoms with E-state index in [0.717, 1.165) is 25.7 Å². The first kappa shape index (κ1) is 10.4. The maximum atomic E-state index is 8.49. The van der Waals surface area contributed by atoms with E-state index in [1.54, 1.807) is 0 Å². The number of hydroxylamine groups is 1. The summed E-state index contributed by atoms with van der Waals surface area (Å²) >= 11 is 0. The lowest BCUT2D eigenvalue weighted by molar-refractivity contribution is 0.104. The third-order valence-electron chi connectivity index (χ3n) is 1.95. The fourth-order valence-electron chi connectivity index (χ4n) is 1.25. The van der Waals surface area contributed by atoms with Crippen LogP contribution in [-0.4, -0.2) is 17.3 Å². The van der Waals surface area contributed by atoms with E-state index in [2.05, 4.69) is 5.48 Å². The van der Waals surface area contributed by atoms with Gasteiger partial charge in [0, 0.05) is 12.1 Å². The van der Waals surface area contributed by atoms with E-state index in [1.807, 2.05) is 0 Å². The highest BCUT2D eigenvalue weighted by Gasteiger charge is 2.16. The number of nitrogens with one attached hydrogen (secondary N) is 1. The number of hydrogen-bond donors (Lipinski definition) is 3. The van der Waals surface area contributed by atoms with Crippen LogP contribution in [0.15, 0.2) is 0 Å². The molecule has 1 rings (SSSR count). The van der Waals surface area contributed by atoms with Gasteiger partial charge in [-0.25, -0.2) is 5.48 Å². The predicted octanol–water partition coefficient (Wildman–Crippen LogP) is 0.813. The monoisotopic (exact) mass is 210 g/mol. The number of hydrogen-bond acceptors (Lipinski definition) is 3. The Bertz CT molecular complexity index is 83.8. The first-order valence-corrected chi connectivity index (χ1v) is 3.48. The van der Waals surface area contributed by atoms with Crippen LogP contribution in [0.1, 0.15) is 25.7 Å². The van der Waals surface area contributed by atoms with E-state index in [1.165, 1.54) is 0 Å². The maximum absolute atomic E-state index is 8.49. The number of halogens is 1. The highest BCUT2D eigenvalue weighted by atomic mass is 79.9. The summed E-state index contributed by atoms with van der Waals surface area (Å²) in [5.74, 6) is 0. The van der Waals surface area contributed by atoms with E-state index in [4.69, 9.17) is 10.9 Å². The molecule has 0 amide bonds. The van der Waals surface area contributed by atoms with Gasteiger partial charge in [-0.1, -0.05) is 0 Å². The van der Waals surface area contributed by atoms with E-state index < -0.39 is 0 Å². The largest absolute Gasteiger partial charge is 0.328 e. The summed E-state index contributed by atoms with van der Waals surface area (Å²) in [5, 5.41) is 8.49. The minimum Gasteiger partial charge on any atom is -0.328 e. The van der Waals surface area contributed by atoms with Gasteiger partial charge < -0.3 is 10.9 Å². The van der Waals surface area contributed by atoms with Gasteiger partial charge in [-0.3, -0.25) is 0 Å². The third-order valence-corrected chi connectivity index (χ3v) is 1.95. The lowest BCUT2D eigenvalue weighted by Crippen LogP contribution is -2.35. The Hall–Kier alpha value is 0.360. The van der Waals surface area contributed by atoms with Crippen LogP contribution >= 0.6 is 17.0 Å². The lowest BCUT2D eigenvalue weighted by Gasteiger charge is -2.24. The van der Waals surface area contributed by atoms with Crippen LogP contribution in [-0.2, 0) is 0 Å². The highest BCUT2D eigenvalue weighted by molar-refractivity contribution is 8.93. The summed E-state index contributed by atoms with van der Waals surface area (Å²) in [6, 6.07) is 0.666. The quantitative estimate of drug-likeness (QED) is 0.562. The molecule has 1 fully saturated rings. The topological polar surface area (TPSA) is 58.3 Å². The Balaban J connectivity index is 0.000000810. The van der Waals surface area contributed by atoms with Crippen molar-refractivity contribution < 1.29 is 5.21 Å². The van der Waals surface area contributed by atoms with Gasteiger partial charge in [0.1, 0.15) is 0 Å². The average molecular weight is 211 g/mol. The smallest absolute Gasteiger partial charge is 0.0320 e. The van der Waals surface area contributed by atoms with Crippen LogP contribution in [0, 0.1) is 0 Å². The van der Waals surface area contributed by atoms with Crippen LogP contribution in [0.2, 0.25) is 0 Å². The Morgan fingerprint density at radius 2 is 1.70 bits per heavy atom. The third kappa shape index (κ3) is 2.96. The molecule has 3 nitrogen and oxygen atoms in total. The first-order chi connectivity index (χ1) is 4.33. The normalized spacial score (nSPS) is 33.0. The summed E-state index contributed by atoms with van der Waals surface area (Å²) in [4.78, 5) is 0. The van der Waals surface area contributed by atoms with Crippen molar-refractivity contribution >= 4 is 17.0 Å². The molecule has 0 bridgehead atoms. The fraction of sp³-hybridized carbons (Fsp3) is 1.00. The van der Waals surface area contributed by atoms with Crippen LogP contribution in [0.4, 0.5) is 0 Å². The van der Waals surface area contributed by atoms with Crippen molar-refractivity contribution in [3.05, 3.63) is 0 Å². The Kier molecular flexibility index (Phi) is 5.25. The molecule has 0 aromatic carbocycles. The minimum absolute atomic E-state index is 0. The SMILES string of the molecule is Br.N[C@H]1CC[C@@H](NO)CC1. The van der Waals surface area contributed by atoms with Gasteiger partial charge in [0.15, 0.2) is 0 Å². The van der Waals surface area contributed by atoms with Gasteiger partial charge in [0.05, 0.1) is 0 Å². The second-order valence-electron chi connectivity index (χ2n) is 2.74. The standard InChI is InChI=1S/C6H14N2O.BrH/c7-5-1-3-6(8-9)4-2-5;/h5-6,8-9H,1-4,7H2;1H/t5-,6+;. The van der Waals surface area contributed by atoms with E-state index >= 15 is 0 Å². The molecule has 1 aliphatic rings. The van der Waals surface area contributed by atoms with Gasteiger partial charge in [-0.15, -0.1) is 17.0 Å². The summed E-state index contributed by atoms with van der Waals surface area (Å²) in [5.41, 5.74) is 7.91. The number of nitrogens with two attached hydrogens (primary N) is 1. The molecule has 4 heteroatoms. The second kappa shape index (κ2) is 5.07. The van der Waals surface area contributed by atoms with Gasteiger partial charge in [0.25, 0.3) is 0 Å². The first-order valence-electron chi connectivity index (χ1n) is 3.48. The summed E-state index contributed by atoms with van der Waals surface area (Å²) in [6.45, 7) is 0. The highest BCUT2D eigenvalue weighted by Crippen LogP contribution is 2.15. The molecule has 10 heavy (non-hydrogen) atoms. The van der Waals surface area contributed by atoms with Crippen LogP contribution < -0.4 is 11.2 Å². The second-order valence-corrected chi connectivity index (χ2v) is 2.74. The van der Waals surface area contributed by atoms with Crippen LogP contribution in [0.3, 0.4) is 0 Å². The van der Waals surface area contributed by atoms with Crippen molar-refractivity contribution in [2.24, 2.45) is 5.73 Å². The van der Waals surface area contributed by atoms with E-state index in [9.17, 15) is 0 Å². The maximum Gasteiger partial charge on any atom is 0.0320 e. The lowest BCUT2D eigenvalue weighted by atomic mass is 9.92. The summed E-state index contributed by atoms with van der Waals surface area (Å²) in [7, 11) is 0. The molecule has 0 aromatic rings. The molecule has 0 saturated heterocycles. The molecule has 0 unspecified atom stereocenters. The molecule has 0 heterocycles. The van der Waals surface area contributed by atoms with Crippen molar-refractivity contribution in [1.82, 2.24) is 5.48 Å². The molecule has 1 aliphatic carbocycles. The molecule has 0 aromatic heterocycles. The predicted molar refractivity (Wildman–Crippen MR) is 45.5 cm³/mol. The Labute approximate surface area is 71.7 Å². The van der Waals surface area contributed by atoms with Crippen molar-refractivity contribution in [3.8, 4) is 0 Å². The molecular formula is C6H15BrN2O. The molecule has 0 radical (unpaired) electrons. The van der Waals surface area contributed by atoms with Gasteiger partial charge >= 0.3 is 0 Å². The molecule has 62 valence electrons. The Morgan fingerprint density at radius 3 is 2.10 bits per heavy atom. The zero-order valence-electron chi connectivity index (χ0n) is 5.92. The van der Waals surface area contributed by atoms with Crippen molar-refractivity contribution in [2.45, 2.75) is 37.8 Å². The van der Waals surface area contributed by atoms with E-state index in [-0.39, 0.29) is 17.0 Å². The molecule has 0 spiro atoms.